The van der Waals surface area contributed by atoms with Crippen molar-refractivity contribution in [2.45, 2.75) is 72.4 Å². The molecule has 1 rings (SSSR count). The van der Waals surface area contributed by atoms with Gasteiger partial charge in [-0.15, -0.1) is 0 Å². The van der Waals surface area contributed by atoms with Crippen LogP contribution in [0.25, 0.3) is 0 Å². The van der Waals surface area contributed by atoms with Gasteiger partial charge in [-0.25, -0.2) is 9.67 Å². The Morgan fingerprint density at radius 1 is 1.32 bits per heavy atom. The van der Waals surface area contributed by atoms with Crippen molar-refractivity contribution in [3.8, 4) is 0 Å². The molecule has 0 fully saturated rings. The fourth-order valence-corrected chi connectivity index (χ4v) is 2.51. The van der Waals surface area contributed by atoms with E-state index in [4.69, 9.17) is 5.73 Å². The molecule has 110 valence electrons. The first kappa shape index (κ1) is 16.2. The molecule has 0 aromatic carbocycles. The molecular formula is C15H30N4. The number of nitrogens with two attached hydrogens (primary N) is 1. The number of hydrogen-bond donors (Lipinski definition) is 1. The first-order valence-corrected chi connectivity index (χ1v) is 7.70. The maximum Gasteiger partial charge on any atom is 0.138 e. The predicted molar refractivity (Wildman–Crippen MR) is 79.8 cm³/mol. The average Bonchev–Trinajstić information content (AvgIpc) is 2.76. The van der Waals surface area contributed by atoms with Crippen LogP contribution in [0, 0.1) is 11.8 Å². The summed E-state index contributed by atoms with van der Waals surface area (Å²) in [6.45, 7) is 9.79. The lowest BCUT2D eigenvalue weighted by atomic mass is 9.90. The van der Waals surface area contributed by atoms with E-state index in [1.807, 2.05) is 4.68 Å². The van der Waals surface area contributed by atoms with Crippen molar-refractivity contribution < 1.29 is 0 Å². The zero-order chi connectivity index (χ0) is 14.3. The monoisotopic (exact) mass is 266 g/mol. The Balaban J connectivity index is 2.59. The number of hydrogen-bond acceptors (Lipinski definition) is 3. The third-order valence-electron chi connectivity index (χ3n) is 3.71. The molecule has 0 radical (unpaired) electrons. The van der Waals surface area contributed by atoms with Crippen LogP contribution < -0.4 is 5.73 Å². The molecular weight excluding hydrogens is 236 g/mol. The molecule has 4 heteroatoms. The van der Waals surface area contributed by atoms with Crippen LogP contribution in [0.3, 0.4) is 0 Å². The zero-order valence-electron chi connectivity index (χ0n) is 13.0. The van der Waals surface area contributed by atoms with E-state index in [0.29, 0.717) is 11.8 Å². The van der Waals surface area contributed by atoms with Crippen LogP contribution >= 0.6 is 0 Å². The summed E-state index contributed by atoms with van der Waals surface area (Å²) in [5.74, 6) is 2.22. The van der Waals surface area contributed by atoms with Crippen LogP contribution in [0.1, 0.15) is 59.2 Å². The number of rotatable bonds is 9. The molecule has 0 saturated heterocycles. The van der Waals surface area contributed by atoms with Gasteiger partial charge in [0.1, 0.15) is 12.2 Å². The van der Waals surface area contributed by atoms with Gasteiger partial charge in [-0.05, 0) is 18.3 Å². The van der Waals surface area contributed by atoms with Gasteiger partial charge in [0.15, 0.2) is 0 Å². The number of nitrogens with zero attached hydrogens (tertiary/aromatic N) is 3. The van der Waals surface area contributed by atoms with Gasteiger partial charge in [0.25, 0.3) is 0 Å². The second kappa shape index (κ2) is 8.31. The van der Waals surface area contributed by atoms with E-state index >= 15 is 0 Å². The molecule has 1 aromatic rings. The number of unbranched alkanes of at least 4 members (excludes halogenated alkanes) is 1. The molecule has 0 aliphatic heterocycles. The SMILES string of the molecule is CCCCC(CC)C(N)Cc1ncnn1CC(C)C. The molecule has 0 bridgehead atoms. The van der Waals surface area contributed by atoms with Crippen LogP contribution in [0.15, 0.2) is 6.33 Å². The van der Waals surface area contributed by atoms with Crippen molar-refractivity contribution in [2.75, 3.05) is 0 Å². The van der Waals surface area contributed by atoms with E-state index in [1.165, 1.54) is 19.3 Å². The molecule has 2 N–H and O–H groups in total. The van der Waals surface area contributed by atoms with Gasteiger partial charge in [-0.1, -0.05) is 47.0 Å². The largest absolute Gasteiger partial charge is 0.327 e. The summed E-state index contributed by atoms with van der Waals surface area (Å²) in [5, 5.41) is 4.31. The minimum atomic E-state index is 0.201. The maximum atomic E-state index is 6.38. The standard InChI is InChI=1S/C15H30N4/c1-5-7-8-13(6-2)14(16)9-15-17-11-18-19(15)10-12(3)4/h11-14H,5-10,16H2,1-4H3. The minimum Gasteiger partial charge on any atom is -0.327 e. The van der Waals surface area contributed by atoms with Crippen LogP contribution in [0.2, 0.25) is 0 Å². The summed E-state index contributed by atoms with van der Waals surface area (Å²) in [6, 6.07) is 0.201. The quantitative estimate of drug-likeness (QED) is 0.747. The lowest BCUT2D eigenvalue weighted by molar-refractivity contribution is 0.356. The smallest absolute Gasteiger partial charge is 0.138 e. The Morgan fingerprint density at radius 3 is 2.63 bits per heavy atom. The molecule has 0 aliphatic carbocycles. The lowest BCUT2D eigenvalue weighted by Crippen LogP contribution is -2.33. The van der Waals surface area contributed by atoms with Crippen LogP contribution in [-0.4, -0.2) is 20.8 Å². The Bertz CT molecular complexity index is 346. The molecule has 0 aliphatic rings. The van der Waals surface area contributed by atoms with Crippen LogP contribution in [-0.2, 0) is 13.0 Å². The fourth-order valence-electron chi connectivity index (χ4n) is 2.51. The normalized spacial score (nSPS) is 14.8. The van der Waals surface area contributed by atoms with E-state index in [1.54, 1.807) is 6.33 Å². The predicted octanol–water partition coefficient (Wildman–Crippen LogP) is 3.02. The van der Waals surface area contributed by atoms with Crippen molar-refractivity contribution in [1.82, 2.24) is 14.8 Å². The summed E-state index contributed by atoms with van der Waals surface area (Å²) >= 11 is 0. The third-order valence-corrected chi connectivity index (χ3v) is 3.71. The summed E-state index contributed by atoms with van der Waals surface area (Å²) in [4.78, 5) is 4.38. The molecule has 4 nitrogen and oxygen atoms in total. The van der Waals surface area contributed by atoms with Gasteiger partial charge < -0.3 is 5.73 Å². The topological polar surface area (TPSA) is 56.7 Å². The molecule has 2 atom stereocenters. The minimum absolute atomic E-state index is 0.201. The number of aromatic nitrogens is 3. The van der Waals surface area contributed by atoms with Crippen molar-refractivity contribution in [3.05, 3.63) is 12.2 Å². The average molecular weight is 266 g/mol. The first-order valence-electron chi connectivity index (χ1n) is 7.70. The highest BCUT2D eigenvalue weighted by Gasteiger charge is 2.18. The maximum absolute atomic E-state index is 6.38. The third kappa shape index (κ3) is 5.31. The van der Waals surface area contributed by atoms with Gasteiger partial charge in [-0.2, -0.15) is 5.10 Å². The fraction of sp³-hybridized carbons (Fsp3) is 0.867. The van der Waals surface area contributed by atoms with Gasteiger partial charge >= 0.3 is 0 Å². The highest BCUT2D eigenvalue weighted by atomic mass is 15.3. The molecule has 0 amide bonds. The van der Waals surface area contributed by atoms with Gasteiger partial charge in [0, 0.05) is 19.0 Å². The van der Waals surface area contributed by atoms with E-state index in [2.05, 4.69) is 37.8 Å². The molecule has 1 heterocycles. The highest BCUT2D eigenvalue weighted by Crippen LogP contribution is 2.18. The van der Waals surface area contributed by atoms with Crippen molar-refractivity contribution in [2.24, 2.45) is 17.6 Å². The van der Waals surface area contributed by atoms with Crippen molar-refractivity contribution in [1.29, 1.82) is 0 Å². The first-order chi connectivity index (χ1) is 9.08. The van der Waals surface area contributed by atoms with Crippen LogP contribution in [0.5, 0.6) is 0 Å². The van der Waals surface area contributed by atoms with E-state index in [-0.39, 0.29) is 6.04 Å². The van der Waals surface area contributed by atoms with Crippen molar-refractivity contribution >= 4 is 0 Å². The van der Waals surface area contributed by atoms with Gasteiger partial charge in [0.2, 0.25) is 0 Å². The van der Waals surface area contributed by atoms with Gasteiger partial charge in [0.05, 0.1) is 0 Å². The Morgan fingerprint density at radius 2 is 2.05 bits per heavy atom. The summed E-state index contributed by atoms with van der Waals surface area (Å²) in [6.07, 6.45) is 7.38. The summed E-state index contributed by atoms with van der Waals surface area (Å²) < 4.78 is 2.01. The lowest BCUT2D eigenvalue weighted by Gasteiger charge is -2.22. The van der Waals surface area contributed by atoms with Crippen LogP contribution in [0.4, 0.5) is 0 Å². The Kier molecular flexibility index (Phi) is 7.06. The van der Waals surface area contributed by atoms with E-state index < -0.39 is 0 Å². The Labute approximate surface area is 117 Å². The van der Waals surface area contributed by atoms with Crippen molar-refractivity contribution in [3.63, 3.8) is 0 Å². The molecule has 1 aromatic heterocycles. The summed E-state index contributed by atoms with van der Waals surface area (Å²) in [5.41, 5.74) is 6.38. The van der Waals surface area contributed by atoms with E-state index in [9.17, 15) is 0 Å². The molecule has 19 heavy (non-hydrogen) atoms. The molecule has 0 spiro atoms. The second-order valence-corrected chi connectivity index (χ2v) is 5.93. The van der Waals surface area contributed by atoms with E-state index in [0.717, 1.165) is 25.2 Å². The molecule has 0 saturated carbocycles. The summed E-state index contributed by atoms with van der Waals surface area (Å²) in [7, 11) is 0. The molecule has 2 unspecified atom stereocenters. The zero-order valence-corrected chi connectivity index (χ0v) is 13.0. The second-order valence-electron chi connectivity index (χ2n) is 5.93. The highest BCUT2D eigenvalue weighted by molar-refractivity contribution is 4.91. The Hall–Kier alpha value is -0.900. The van der Waals surface area contributed by atoms with Gasteiger partial charge in [-0.3, -0.25) is 0 Å².